The van der Waals surface area contributed by atoms with E-state index >= 15 is 0 Å². The molecule has 4 rings (SSSR count). The average molecular weight is 357 g/mol. The van der Waals surface area contributed by atoms with Crippen LogP contribution in [0, 0.1) is 0 Å². The second-order valence-corrected chi connectivity index (χ2v) is 6.47. The van der Waals surface area contributed by atoms with Crippen LogP contribution in [0.1, 0.15) is 59.0 Å². The van der Waals surface area contributed by atoms with Crippen molar-refractivity contribution in [3.8, 4) is 5.75 Å². The number of carbonyl (C=O) groups excluding carboxylic acids is 1. The van der Waals surface area contributed by atoms with Crippen molar-refractivity contribution in [1.82, 2.24) is 5.32 Å². The average Bonchev–Trinajstić information content (AvgIpc) is 2.58. The quantitative estimate of drug-likeness (QED) is 0.849. The summed E-state index contributed by atoms with van der Waals surface area (Å²) in [7, 11) is 0. The van der Waals surface area contributed by atoms with Gasteiger partial charge in [-0.3, -0.25) is 4.79 Å². The van der Waals surface area contributed by atoms with Crippen LogP contribution in [0.25, 0.3) is 0 Å². The predicted octanol–water partition coefficient (Wildman–Crippen LogP) is 3.20. The molecule has 0 spiro atoms. The van der Waals surface area contributed by atoms with Gasteiger partial charge in [0.1, 0.15) is 12.3 Å². The minimum atomic E-state index is -4.48. The molecular weight excluding hydrogens is 339 g/mol. The number of alkyl halides is 3. The van der Waals surface area contributed by atoms with E-state index in [1.54, 1.807) is 5.32 Å². The molecule has 1 amide bonds. The minimum Gasteiger partial charge on any atom is -0.483 e. The summed E-state index contributed by atoms with van der Waals surface area (Å²) in [6.07, 6.45) is -0.771. The van der Waals surface area contributed by atoms with Crippen LogP contribution in [-0.2, 0) is 4.79 Å². The molecule has 0 aliphatic heterocycles. The number of nitrogens with one attached hydrogen (secondary N) is 1. The Kier molecular flexibility index (Phi) is 4.62. The fourth-order valence-electron chi connectivity index (χ4n) is 3.85. The van der Waals surface area contributed by atoms with Gasteiger partial charge in [-0.1, -0.05) is 0 Å². The summed E-state index contributed by atoms with van der Waals surface area (Å²) < 4.78 is 41.8. The molecule has 0 unspecified atom stereocenters. The van der Waals surface area contributed by atoms with E-state index < -0.39 is 31.2 Å². The molecule has 2 N–H and O–H groups in total. The Bertz CT molecular complexity index is 694. The lowest BCUT2D eigenvalue weighted by molar-refractivity contribution is -0.139. The van der Waals surface area contributed by atoms with Gasteiger partial charge in [0.2, 0.25) is 0 Å². The highest BCUT2D eigenvalue weighted by atomic mass is 19.4. The number of ether oxygens (including phenoxy) is 1. The van der Waals surface area contributed by atoms with Crippen molar-refractivity contribution in [3.63, 3.8) is 0 Å². The number of carboxylic acids is 1. The van der Waals surface area contributed by atoms with Crippen LogP contribution in [0.2, 0.25) is 0 Å². The molecule has 1 aromatic rings. The standard InChI is InChI=1S/C17H18F3NO4/c18-17(19,20)8-21-13(22)7-25-12-6-5-11(16(23)24)14-9-1-3-10(4-2-9)15(12)14/h5-6,9-10H,1-4,7-8H2,(H,21,22)(H,23,24). The van der Waals surface area contributed by atoms with Crippen LogP contribution in [-0.4, -0.2) is 36.3 Å². The van der Waals surface area contributed by atoms with E-state index in [-0.39, 0.29) is 17.4 Å². The second-order valence-electron chi connectivity index (χ2n) is 6.47. The summed E-state index contributed by atoms with van der Waals surface area (Å²) in [5, 5.41) is 11.2. The molecule has 25 heavy (non-hydrogen) atoms. The monoisotopic (exact) mass is 357 g/mol. The Balaban J connectivity index is 1.78. The van der Waals surface area contributed by atoms with Crippen molar-refractivity contribution in [3.05, 3.63) is 28.8 Å². The van der Waals surface area contributed by atoms with Gasteiger partial charge in [-0.05, 0) is 55.2 Å². The molecule has 2 bridgehead atoms. The van der Waals surface area contributed by atoms with Crippen LogP contribution in [0.3, 0.4) is 0 Å². The summed E-state index contributed by atoms with van der Waals surface area (Å²) >= 11 is 0. The van der Waals surface area contributed by atoms with Crippen molar-refractivity contribution in [2.75, 3.05) is 13.2 Å². The topological polar surface area (TPSA) is 75.6 Å². The third-order valence-corrected chi connectivity index (χ3v) is 4.87. The number of benzene rings is 1. The van der Waals surface area contributed by atoms with Gasteiger partial charge in [0, 0.05) is 5.56 Å². The Labute approximate surface area is 142 Å². The Morgan fingerprint density at radius 2 is 1.72 bits per heavy atom. The number of hydrogen-bond donors (Lipinski definition) is 2. The fourth-order valence-corrected chi connectivity index (χ4v) is 3.85. The van der Waals surface area contributed by atoms with E-state index in [1.807, 2.05) is 0 Å². The number of halogens is 3. The molecule has 8 heteroatoms. The van der Waals surface area contributed by atoms with E-state index in [2.05, 4.69) is 0 Å². The molecule has 136 valence electrons. The molecule has 0 aromatic heterocycles. The first kappa shape index (κ1) is 17.6. The van der Waals surface area contributed by atoms with Gasteiger partial charge >= 0.3 is 12.1 Å². The third-order valence-electron chi connectivity index (χ3n) is 4.87. The number of carbonyl (C=O) groups is 2. The van der Waals surface area contributed by atoms with Crippen molar-refractivity contribution in [1.29, 1.82) is 0 Å². The largest absolute Gasteiger partial charge is 0.483 e. The smallest absolute Gasteiger partial charge is 0.405 e. The van der Waals surface area contributed by atoms with Gasteiger partial charge in [-0.2, -0.15) is 13.2 Å². The molecular formula is C17H18F3NO4. The molecule has 1 aromatic carbocycles. The number of hydrogen-bond acceptors (Lipinski definition) is 3. The molecule has 5 nitrogen and oxygen atoms in total. The molecule has 0 radical (unpaired) electrons. The lowest BCUT2D eigenvalue weighted by Gasteiger charge is -2.39. The molecule has 1 fully saturated rings. The van der Waals surface area contributed by atoms with Crippen LogP contribution in [0.15, 0.2) is 12.1 Å². The fraction of sp³-hybridized carbons (Fsp3) is 0.529. The van der Waals surface area contributed by atoms with E-state index in [9.17, 15) is 27.9 Å². The van der Waals surface area contributed by atoms with Crippen molar-refractivity contribution >= 4 is 11.9 Å². The van der Waals surface area contributed by atoms with E-state index in [0.717, 1.165) is 36.8 Å². The number of carboxylic acid groups (broad SMARTS) is 1. The Morgan fingerprint density at radius 1 is 1.12 bits per heavy atom. The van der Waals surface area contributed by atoms with Crippen molar-refractivity contribution in [2.45, 2.75) is 43.7 Å². The van der Waals surface area contributed by atoms with E-state index in [1.165, 1.54) is 12.1 Å². The molecule has 0 atom stereocenters. The minimum absolute atomic E-state index is 0.161. The van der Waals surface area contributed by atoms with Gasteiger partial charge in [-0.25, -0.2) is 4.79 Å². The first-order valence-electron chi connectivity index (χ1n) is 8.12. The number of fused-ring (bicyclic) bond motifs is 2. The SMILES string of the molecule is O=C(COc1ccc(C(=O)O)c2c1C1CCC2CC1)NCC(F)(F)F. The summed E-state index contributed by atoms with van der Waals surface area (Å²) in [6.45, 7) is -1.94. The molecule has 0 heterocycles. The Hall–Kier alpha value is -2.25. The molecule has 0 saturated heterocycles. The predicted molar refractivity (Wildman–Crippen MR) is 81.9 cm³/mol. The number of aromatic carboxylic acids is 1. The highest BCUT2D eigenvalue weighted by molar-refractivity contribution is 5.91. The summed E-state index contributed by atoms with van der Waals surface area (Å²) in [5.41, 5.74) is 1.83. The highest BCUT2D eigenvalue weighted by Crippen LogP contribution is 2.53. The van der Waals surface area contributed by atoms with Crippen LogP contribution in [0.4, 0.5) is 13.2 Å². The zero-order valence-electron chi connectivity index (χ0n) is 13.4. The van der Waals surface area contributed by atoms with Crippen LogP contribution in [0.5, 0.6) is 5.75 Å². The lowest BCUT2D eigenvalue weighted by Crippen LogP contribution is -2.36. The van der Waals surface area contributed by atoms with Gasteiger partial charge in [-0.15, -0.1) is 0 Å². The van der Waals surface area contributed by atoms with Crippen molar-refractivity contribution < 1.29 is 32.6 Å². The maximum Gasteiger partial charge on any atom is 0.405 e. The van der Waals surface area contributed by atoms with E-state index in [0.29, 0.717) is 5.75 Å². The maximum atomic E-state index is 12.1. The third kappa shape index (κ3) is 3.72. The normalized spacial score (nSPS) is 21.6. The molecule has 3 aliphatic rings. The molecule has 3 aliphatic carbocycles. The van der Waals surface area contributed by atoms with E-state index in [4.69, 9.17) is 4.74 Å². The summed E-state index contributed by atoms with van der Waals surface area (Å²) in [6, 6.07) is 2.95. The second kappa shape index (κ2) is 6.57. The summed E-state index contributed by atoms with van der Waals surface area (Å²) in [4.78, 5) is 23.0. The Morgan fingerprint density at radius 3 is 2.28 bits per heavy atom. The van der Waals surface area contributed by atoms with Crippen LogP contribution < -0.4 is 10.1 Å². The summed E-state index contributed by atoms with van der Waals surface area (Å²) in [5.74, 6) is -1.13. The number of amides is 1. The first-order chi connectivity index (χ1) is 11.8. The first-order valence-corrected chi connectivity index (χ1v) is 8.12. The highest BCUT2D eigenvalue weighted by Gasteiger charge is 2.38. The zero-order chi connectivity index (χ0) is 18.2. The van der Waals surface area contributed by atoms with Gasteiger partial charge in [0.05, 0.1) is 5.56 Å². The van der Waals surface area contributed by atoms with Gasteiger partial charge in [0.25, 0.3) is 5.91 Å². The maximum absolute atomic E-state index is 12.1. The zero-order valence-corrected chi connectivity index (χ0v) is 13.4. The van der Waals surface area contributed by atoms with Gasteiger partial charge < -0.3 is 15.2 Å². The van der Waals surface area contributed by atoms with Crippen molar-refractivity contribution in [2.24, 2.45) is 0 Å². The number of rotatable bonds is 5. The van der Waals surface area contributed by atoms with Crippen LogP contribution >= 0.6 is 0 Å². The molecule has 1 saturated carbocycles. The van der Waals surface area contributed by atoms with Gasteiger partial charge in [0.15, 0.2) is 6.61 Å². The lowest BCUT2D eigenvalue weighted by atomic mass is 9.65.